The van der Waals surface area contributed by atoms with Crippen LogP contribution in [0.5, 0.6) is 0 Å². The molecule has 1 saturated heterocycles. The number of rotatable bonds is 5. The molecule has 1 aliphatic rings. The maximum Gasteiger partial charge on any atom is 0.0743 e. The zero-order valence-electron chi connectivity index (χ0n) is 10.8. The van der Waals surface area contributed by atoms with Crippen LogP contribution in [0.3, 0.4) is 0 Å². The van der Waals surface area contributed by atoms with Crippen molar-refractivity contribution >= 4 is 15.9 Å². The summed E-state index contributed by atoms with van der Waals surface area (Å²) in [5, 5.41) is 0. The van der Waals surface area contributed by atoms with Crippen LogP contribution in [0, 0.1) is 0 Å². The van der Waals surface area contributed by atoms with E-state index < -0.39 is 0 Å². The van der Waals surface area contributed by atoms with Crippen LogP contribution in [0.15, 0.2) is 28.7 Å². The van der Waals surface area contributed by atoms with Crippen molar-refractivity contribution in [3.63, 3.8) is 0 Å². The van der Waals surface area contributed by atoms with Crippen molar-refractivity contribution in [1.29, 1.82) is 0 Å². The zero-order chi connectivity index (χ0) is 13.0. The fraction of sp³-hybridized carbons (Fsp3) is 0.571. The fourth-order valence-electron chi connectivity index (χ4n) is 2.53. The minimum absolute atomic E-state index is 0.294. The molecule has 1 fully saturated rings. The highest BCUT2D eigenvalue weighted by Gasteiger charge is 2.28. The Morgan fingerprint density at radius 1 is 1.50 bits per heavy atom. The van der Waals surface area contributed by atoms with E-state index >= 15 is 0 Å². The Balaban J connectivity index is 2.01. The SMILES string of the molecule is CN(Cc1ccccc1Br)C(CN)C1CCCO1. The number of halogens is 1. The Labute approximate surface area is 117 Å². The normalized spacial score (nSPS) is 21.4. The summed E-state index contributed by atoms with van der Waals surface area (Å²) in [4.78, 5) is 2.30. The van der Waals surface area contributed by atoms with Gasteiger partial charge in [0.15, 0.2) is 0 Å². The van der Waals surface area contributed by atoms with Gasteiger partial charge in [0, 0.05) is 30.2 Å². The molecular weight excluding hydrogens is 292 g/mol. The summed E-state index contributed by atoms with van der Waals surface area (Å²) >= 11 is 3.59. The van der Waals surface area contributed by atoms with Crippen molar-refractivity contribution in [2.45, 2.75) is 31.5 Å². The monoisotopic (exact) mass is 312 g/mol. The first kappa shape index (κ1) is 14.0. The lowest BCUT2D eigenvalue weighted by atomic mass is 10.1. The highest BCUT2D eigenvalue weighted by molar-refractivity contribution is 9.10. The molecule has 4 heteroatoms. The molecule has 0 radical (unpaired) electrons. The van der Waals surface area contributed by atoms with Crippen molar-refractivity contribution in [1.82, 2.24) is 4.90 Å². The summed E-state index contributed by atoms with van der Waals surface area (Å²) in [5.41, 5.74) is 7.20. The Bertz CT molecular complexity index is 380. The van der Waals surface area contributed by atoms with Crippen LogP contribution < -0.4 is 5.73 Å². The predicted octanol–water partition coefficient (Wildman–Crippen LogP) is 2.39. The largest absolute Gasteiger partial charge is 0.377 e. The van der Waals surface area contributed by atoms with Gasteiger partial charge in [0.25, 0.3) is 0 Å². The minimum Gasteiger partial charge on any atom is -0.377 e. The molecule has 0 aliphatic carbocycles. The molecule has 3 nitrogen and oxygen atoms in total. The van der Waals surface area contributed by atoms with Crippen molar-refractivity contribution < 1.29 is 4.74 Å². The van der Waals surface area contributed by atoms with Gasteiger partial charge in [-0.05, 0) is 31.5 Å². The molecule has 2 rings (SSSR count). The van der Waals surface area contributed by atoms with Gasteiger partial charge in [0.2, 0.25) is 0 Å². The molecule has 0 bridgehead atoms. The number of nitrogens with two attached hydrogens (primary N) is 1. The van der Waals surface area contributed by atoms with Crippen LogP contribution in [0.2, 0.25) is 0 Å². The summed E-state index contributed by atoms with van der Waals surface area (Å²) in [6.45, 7) is 2.42. The molecule has 1 heterocycles. The third-order valence-electron chi connectivity index (χ3n) is 3.58. The Morgan fingerprint density at radius 3 is 2.89 bits per heavy atom. The minimum atomic E-state index is 0.294. The summed E-state index contributed by atoms with van der Waals surface area (Å²) < 4.78 is 6.91. The molecule has 0 amide bonds. The summed E-state index contributed by atoms with van der Waals surface area (Å²) in [6, 6.07) is 8.63. The van der Waals surface area contributed by atoms with Gasteiger partial charge < -0.3 is 10.5 Å². The van der Waals surface area contributed by atoms with Crippen LogP contribution in [0.1, 0.15) is 18.4 Å². The first-order chi connectivity index (χ1) is 8.72. The highest BCUT2D eigenvalue weighted by atomic mass is 79.9. The van der Waals surface area contributed by atoms with Gasteiger partial charge in [0.1, 0.15) is 0 Å². The van der Waals surface area contributed by atoms with Gasteiger partial charge in [-0.1, -0.05) is 34.1 Å². The summed E-state index contributed by atoms with van der Waals surface area (Å²) in [7, 11) is 2.12. The Morgan fingerprint density at radius 2 is 2.28 bits per heavy atom. The first-order valence-corrected chi connectivity index (χ1v) is 7.27. The third-order valence-corrected chi connectivity index (χ3v) is 4.35. The fourth-order valence-corrected chi connectivity index (χ4v) is 2.94. The molecule has 1 aromatic carbocycles. The van der Waals surface area contributed by atoms with Gasteiger partial charge >= 0.3 is 0 Å². The molecule has 18 heavy (non-hydrogen) atoms. The van der Waals surface area contributed by atoms with Crippen molar-refractivity contribution in [2.24, 2.45) is 5.73 Å². The lowest BCUT2D eigenvalue weighted by Gasteiger charge is -2.31. The third kappa shape index (κ3) is 3.32. The smallest absolute Gasteiger partial charge is 0.0743 e. The molecule has 1 aromatic rings. The average molecular weight is 313 g/mol. The highest BCUT2D eigenvalue weighted by Crippen LogP contribution is 2.22. The second-order valence-corrected chi connectivity index (χ2v) is 5.72. The van der Waals surface area contributed by atoms with Crippen LogP contribution in [0.4, 0.5) is 0 Å². The van der Waals surface area contributed by atoms with E-state index in [1.807, 2.05) is 6.07 Å². The van der Waals surface area contributed by atoms with Gasteiger partial charge in [-0.15, -0.1) is 0 Å². The number of nitrogens with zero attached hydrogens (tertiary/aromatic N) is 1. The summed E-state index contributed by atoms with van der Waals surface area (Å²) in [6.07, 6.45) is 2.58. The van der Waals surface area contributed by atoms with E-state index in [1.165, 1.54) is 5.56 Å². The molecule has 0 aromatic heterocycles. The molecule has 0 saturated carbocycles. The van der Waals surface area contributed by atoms with E-state index in [1.54, 1.807) is 0 Å². The van der Waals surface area contributed by atoms with Crippen LogP contribution in [-0.2, 0) is 11.3 Å². The van der Waals surface area contributed by atoms with E-state index in [-0.39, 0.29) is 0 Å². The van der Waals surface area contributed by atoms with E-state index in [4.69, 9.17) is 10.5 Å². The maximum absolute atomic E-state index is 5.91. The van der Waals surface area contributed by atoms with E-state index in [0.717, 1.165) is 30.5 Å². The number of benzene rings is 1. The molecule has 100 valence electrons. The second kappa shape index (κ2) is 6.66. The summed E-state index contributed by atoms with van der Waals surface area (Å²) in [5.74, 6) is 0. The first-order valence-electron chi connectivity index (χ1n) is 6.47. The van der Waals surface area contributed by atoms with Gasteiger partial charge in [-0.3, -0.25) is 4.90 Å². The molecule has 2 atom stereocenters. The average Bonchev–Trinajstić information content (AvgIpc) is 2.87. The number of hydrogen-bond donors (Lipinski definition) is 1. The quantitative estimate of drug-likeness (QED) is 0.907. The molecule has 0 spiro atoms. The van der Waals surface area contributed by atoms with Crippen molar-refractivity contribution in [3.05, 3.63) is 34.3 Å². The standard InChI is InChI=1S/C14H21BrN2O/c1-17(10-11-5-2-3-6-12(11)15)13(9-16)14-7-4-8-18-14/h2-3,5-6,13-14H,4,7-10,16H2,1H3. The number of hydrogen-bond acceptors (Lipinski definition) is 3. The Hall–Kier alpha value is -0.420. The van der Waals surface area contributed by atoms with Gasteiger partial charge in [-0.25, -0.2) is 0 Å². The number of likely N-dealkylation sites (N-methyl/N-ethyl adjacent to an activating group) is 1. The maximum atomic E-state index is 5.91. The predicted molar refractivity (Wildman–Crippen MR) is 77.4 cm³/mol. The van der Waals surface area contributed by atoms with Gasteiger partial charge in [0.05, 0.1) is 6.10 Å². The van der Waals surface area contributed by atoms with Gasteiger partial charge in [-0.2, -0.15) is 0 Å². The lowest BCUT2D eigenvalue weighted by molar-refractivity contribution is 0.0346. The van der Waals surface area contributed by atoms with Crippen LogP contribution in [-0.4, -0.2) is 37.2 Å². The van der Waals surface area contributed by atoms with E-state index in [9.17, 15) is 0 Å². The second-order valence-electron chi connectivity index (χ2n) is 4.86. The Kier molecular flexibility index (Phi) is 5.18. The lowest BCUT2D eigenvalue weighted by Crippen LogP contribution is -2.45. The molecule has 1 aliphatic heterocycles. The number of ether oxygens (including phenoxy) is 1. The van der Waals surface area contributed by atoms with Crippen molar-refractivity contribution in [2.75, 3.05) is 20.2 Å². The topological polar surface area (TPSA) is 38.5 Å². The molecule has 2 N–H and O–H groups in total. The zero-order valence-corrected chi connectivity index (χ0v) is 12.4. The van der Waals surface area contributed by atoms with Crippen LogP contribution in [0.25, 0.3) is 0 Å². The molecule has 2 unspecified atom stereocenters. The van der Waals surface area contributed by atoms with E-state index in [2.05, 4.69) is 46.1 Å². The van der Waals surface area contributed by atoms with Crippen molar-refractivity contribution in [3.8, 4) is 0 Å². The van der Waals surface area contributed by atoms with Crippen LogP contribution >= 0.6 is 15.9 Å². The van der Waals surface area contributed by atoms with E-state index in [0.29, 0.717) is 18.7 Å². The molecular formula is C14H21BrN2O.